The summed E-state index contributed by atoms with van der Waals surface area (Å²) in [5, 5.41) is 2.18. The molecular weight excluding hydrogens is 302 g/mol. The second kappa shape index (κ2) is 8.48. The fraction of sp³-hybridized carbons (Fsp3) is 0.765. The zero-order chi connectivity index (χ0) is 17.7. The van der Waals surface area contributed by atoms with Crippen LogP contribution in [0.2, 0.25) is 0 Å². The Labute approximate surface area is 146 Å². The number of nitrogens with one attached hydrogen (secondary N) is 1. The van der Waals surface area contributed by atoms with E-state index in [0.29, 0.717) is 23.3 Å². The van der Waals surface area contributed by atoms with Gasteiger partial charge in [-0.15, -0.1) is 0 Å². The molecule has 0 aliphatic carbocycles. The largest absolute Gasteiger partial charge is 0.393 e. The van der Waals surface area contributed by atoms with Crippen LogP contribution in [0.25, 0.3) is 0 Å². The summed E-state index contributed by atoms with van der Waals surface area (Å²) in [5.41, 5.74) is 10.4. The van der Waals surface area contributed by atoms with Crippen LogP contribution in [0.1, 0.15) is 27.7 Å². The molecule has 0 amide bonds. The van der Waals surface area contributed by atoms with Gasteiger partial charge in [-0.1, -0.05) is 27.7 Å². The van der Waals surface area contributed by atoms with Crippen LogP contribution in [-0.4, -0.2) is 66.2 Å². The van der Waals surface area contributed by atoms with Crippen LogP contribution >= 0.6 is 0 Å². The number of aromatic nitrogens is 2. The highest BCUT2D eigenvalue weighted by Gasteiger charge is 2.20. The second-order valence-corrected chi connectivity index (χ2v) is 7.55. The number of nitrogens with zero attached hydrogens (tertiary/aromatic N) is 5. The fourth-order valence-corrected chi connectivity index (χ4v) is 2.92. The van der Waals surface area contributed by atoms with E-state index < -0.39 is 0 Å². The topological polar surface area (TPSA) is 73.6 Å². The molecule has 0 atom stereocenters. The van der Waals surface area contributed by atoms with Gasteiger partial charge in [-0.3, -0.25) is 0 Å². The molecular formula is C17H33N7. The predicted molar refractivity (Wildman–Crippen MR) is 101 cm³/mol. The molecule has 0 bridgehead atoms. The Hall–Kier alpha value is -1.60. The Balaban J connectivity index is 2.15. The first-order chi connectivity index (χ1) is 11.4. The molecule has 0 saturated carbocycles. The number of nitrogen functional groups attached to an aromatic ring is 1. The lowest BCUT2D eigenvalue weighted by atomic mass is 10.1. The lowest BCUT2D eigenvalue weighted by molar-refractivity contribution is 0.178. The molecule has 7 heteroatoms. The van der Waals surface area contributed by atoms with Crippen molar-refractivity contribution in [3.63, 3.8) is 0 Å². The van der Waals surface area contributed by atoms with Gasteiger partial charge in [0.1, 0.15) is 12.0 Å². The van der Waals surface area contributed by atoms with Crippen LogP contribution < -0.4 is 16.1 Å². The maximum Gasteiger partial charge on any atom is 0.169 e. The fourth-order valence-electron chi connectivity index (χ4n) is 2.92. The Morgan fingerprint density at radius 3 is 2.21 bits per heavy atom. The molecule has 1 saturated heterocycles. The van der Waals surface area contributed by atoms with Crippen molar-refractivity contribution in [2.45, 2.75) is 27.7 Å². The molecule has 0 unspecified atom stereocenters. The van der Waals surface area contributed by atoms with E-state index in [0.717, 1.165) is 45.1 Å². The van der Waals surface area contributed by atoms with Crippen molar-refractivity contribution in [2.24, 2.45) is 11.8 Å². The Morgan fingerprint density at radius 2 is 1.67 bits per heavy atom. The Morgan fingerprint density at radius 1 is 1.08 bits per heavy atom. The minimum atomic E-state index is 0.548. The molecule has 2 heterocycles. The highest BCUT2D eigenvalue weighted by Crippen LogP contribution is 2.27. The zero-order valence-electron chi connectivity index (χ0n) is 15.8. The predicted octanol–water partition coefficient (Wildman–Crippen LogP) is 1.75. The third-order valence-corrected chi connectivity index (χ3v) is 4.10. The molecule has 0 radical (unpaired) electrons. The number of anilines is 3. The molecule has 3 N–H and O–H groups in total. The minimum Gasteiger partial charge on any atom is -0.393 e. The van der Waals surface area contributed by atoms with Crippen molar-refractivity contribution in [3.05, 3.63) is 6.33 Å². The van der Waals surface area contributed by atoms with Crippen LogP contribution in [0, 0.1) is 11.8 Å². The van der Waals surface area contributed by atoms with Crippen molar-refractivity contribution >= 4 is 17.3 Å². The van der Waals surface area contributed by atoms with Gasteiger partial charge in [0.25, 0.3) is 0 Å². The van der Waals surface area contributed by atoms with Crippen LogP contribution in [0.5, 0.6) is 0 Å². The highest BCUT2D eigenvalue weighted by molar-refractivity contribution is 5.74. The van der Waals surface area contributed by atoms with E-state index >= 15 is 0 Å². The van der Waals surface area contributed by atoms with Crippen molar-refractivity contribution in [2.75, 3.05) is 62.4 Å². The number of piperazine rings is 1. The molecule has 1 aliphatic heterocycles. The first kappa shape index (κ1) is 18.7. The van der Waals surface area contributed by atoms with Gasteiger partial charge in [0, 0.05) is 39.3 Å². The third kappa shape index (κ3) is 5.21. The first-order valence-corrected chi connectivity index (χ1v) is 8.92. The summed E-state index contributed by atoms with van der Waals surface area (Å²) >= 11 is 0. The number of hydrogen-bond donors (Lipinski definition) is 2. The van der Waals surface area contributed by atoms with Crippen molar-refractivity contribution in [1.29, 1.82) is 0 Å². The van der Waals surface area contributed by atoms with Crippen molar-refractivity contribution in [1.82, 2.24) is 19.9 Å². The Bertz CT molecular complexity index is 500. The maximum absolute atomic E-state index is 6.41. The molecule has 24 heavy (non-hydrogen) atoms. The van der Waals surface area contributed by atoms with Gasteiger partial charge in [-0.25, -0.2) is 15.0 Å². The van der Waals surface area contributed by atoms with Crippen molar-refractivity contribution in [3.8, 4) is 0 Å². The van der Waals surface area contributed by atoms with E-state index in [4.69, 9.17) is 5.73 Å². The monoisotopic (exact) mass is 335 g/mol. The van der Waals surface area contributed by atoms with Gasteiger partial charge in [0.15, 0.2) is 11.6 Å². The lowest BCUT2D eigenvalue weighted by Crippen LogP contribution is -2.47. The molecule has 1 aromatic heterocycles. The maximum atomic E-state index is 6.41. The van der Waals surface area contributed by atoms with E-state index in [1.54, 1.807) is 6.33 Å². The summed E-state index contributed by atoms with van der Waals surface area (Å²) in [4.78, 5) is 13.4. The van der Waals surface area contributed by atoms with Crippen LogP contribution in [-0.2, 0) is 0 Å². The normalized spacial score (nSPS) is 16.8. The summed E-state index contributed by atoms with van der Waals surface area (Å²) in [6.07, 6.45) is 1.61. The van der Waals surface area contributed by atoms with Gasteiger partial charge in [-0.2, -0.15) is 0 Å². The standard InChI is InChI=1S/C17H33N7/c1-13(2)10-23(11-14(3)4)17-15(18)16(19-12-20-17)21-24-8-6-22(5)7-9-24/h12-14H,6-11,18H2,1-5H3,(H,19,20,21). The highest BCUT2D eigenvalue weighted by atomic mass is 15.5. The first-order valence-electron chi connectivity index (χ1n) is 8.92. The van der Waals surface area contributed by atoms with Crippen LogP contribution in [0.4, 0.5) is 17.3 Å². The average Bonchev–Trinajstić information content (AvgIpc) is 2.50. The molecule has 0 aromatic carbocycles. The van der Waals surface area contributed by atoms with Gasteiger partial charge in [0.2, 0.25) is 0 Å². The van der Waals surface area contributed by atoms with Gasteiger partial charge in [-0.05, 0) is 18.9 Å². The summed E-state index contributed by atoms with van der Waals surface area (Å²) in [7, 11) is 2.14. The lowest BCUT2D eigenvalue weighted by Gasteiger charge is -2.33. The summed E-state index contributed by atoms with van der Waals surface area (Å²) in [6.45, 7) is 14.7. The third-order valence-electron chi connectivity index (χ3n) is 4.10. The quantitative estimate of drug-likeness (QED) is 0.786. The zero-order valence-corrected chi connectivity index (χ0v) is 15.8. The molecule has 7 nitrogen and oxygen atoms in total. The van der Waals surface area contributed by atoms with Crippen LogP contribution in [0.15, 0.2) is 6.33 Å². The number of hydrogen-bond acceptors (Lipinski definition) is 7. The van der Waals surface area contributed by atoms with E-state index in [9.17, 15) is 0 Å². The van der Waals surface area contributed by atoms with Crippen LogP contribution in [0.3, 0.4) is 0 Å². The van der Waals surface area contributed by atoms with Crippen molar-refractivity contribution < 1.29 is 0 Å². The number of hydrazine groups is 1. The summed E-state index contributed by atoms with van der Waals surface area (Å²) in [5.74, 6) is 2.64. The molecule has 1 aliphatic rings. The number of likely N-dealkylation sites (N-methyl/N-ethyl adjacent to an activating group) is 1. The summed E-state index contributed by atoms with van der Waals surface area (Å²) in [6, 6.07) is 0. The van der Waals surface area contributed by atoms with Gasteiger partial charge < -0.3 is 21.0 Å². The van der Waals surface area contributed by atoms with E-state index in [-0.39, 0.29) is 0 Å². The number of rotatable bonds is 7. The molecule has 0 spiro atoms. The number of nitrogens with two attached hydrogens (primary N) is 1. The second-order valence-electron chi connectivity index (χ2n) is 7.55. The molecule has 2 rings (SSSR count). The van der Waals surface area contributed by atoms with E-state index in [2.05, 4.69) is 64.9 Å². The minimum absolute atomic E-state index is 0.548. The van der Waals surface area contributed by atoms with E-state index in [1.807, 2.05) is 0 Å². The Kier molecular flexibility index (Phi) is 6.62. The molecule has 1 aromatic rings. The molecule has 1 fully saturated rings. The SMILES string of the molecule is CC(C)CN(CC(C)C)c1ncnc(NN2CCN(C)CC2)c1N. The van der Waals surface area contributed by atoms with Gasteiger partial charge >= 0.3 is 0 Å². The smallest absolute Gasteiger partial charge is 0.169 e. The molecule has 136 valence electrons. The van der Waals surface area contributed by atoms with Gasteiger partial charge in [0.05, 0.1) is 0 Å². The summed E-state index contributed by atoms with van der Waals surface area (Å²) < 4.78 is 0. The average molecular weight is 336 g/mol. The van der Waals surface area contributed by atoms with E-state index in [1.165, 1.54) is 0 Å².